The Labute approximate surface area is 128 Å². The van der Waals surface area contributed by atoms with Gasteiger partial charge in [-0.05, 0) is 45.8 Å². The van der Waals surface area contributed by atoms with Crippen LogP contribution in [0, 0.1) is 0 Å². The number of hydrogen-bond acceptors (Lipinski definition) is 4. The molecule has 21 heavy (non-hydrogen) atoms. The molecular weight excluding hydrogens is 266 g/mol. The third kappa shape index (κ3) is 3.58. The van der Waals surface area contributed by atoms with Crippen molar-refractivity contribution in [2.24, 2.45) is 0 Å². The highest BCUT2D eigenvalue weighted by atomic mass is 16.5. The van der Waals surface area contributed by atoms with Crippen LogP contribution >= 0.6 is 0 Å². The summed E-state index contributed by atoms with van der Waals surface area (Å²) in [6.45, 7) is 4.99. The SMILES string of the molecule is CN(CC(=O)N1CCOC2(CCCC2)C1)C1CCNCC1. The van der Waals surface area contributed by atoms with Gasteiger partial charge in [0.2, 0.25) is 5.91 Å². The van der Waals surface area contributed by atoms with Crippen molar-refractivity contribution < 1.29 is 9.53 Å². The maximum Gasteiger partial charge on any atom is 0.236 e. The number of amides is 1. The predicted molar refractivity (Wildman–Crippen MR) is 82.3 cm³/mol. The Kier molecular flexibility index (Phi) is 4.82. The van der Waals surface area contributed by atoms with E-state index in [0.29, 0.717) is 19.2 Å². The molecule has 3 aliphatic rings. The fraction of sp³-hybridized carbons (Fsp3) is 0.938. The Hall–Kier alpha value is -0.650. The largest absolute Gasteiger partial charge is 0.371 e. The molecule has 3 fully saturated rings. The third-order valence-corrected chi connectivity index (χ3v) is 5.43. The summed E-state index contributed by atoms with van der Waals surface area (Å²) in [5.41, 5.74) is -0.0127. The Morgan fingerprint density at radius 1 is 1.33 bits per heavy atom. The molecule has 1 N–H and O–H groups in total. The zero-order chi connectivity index (χ0) is 14.7. The van der Waals surface area contributed by atoms with E-state index >= 15 is 0 Å². The quantitative estimate of drug-likeness (QED) is 0.838. The van der Waals surface area contributed by atoms with E-state index in [2.05, 4.69) is 17.3 Å². The lowest BCUT2D eigenvalue weighted by molar-refractivity contribution is -0.151. The van der Waals surface area contributed by atoms with Gasteiger partial charge in [0.15, 0.2) is 0 Å². The normalized spacial score (nSPS) is 26.7. The number of nitrogens with zero attached hydrogens (tertiary/aromatic N) is 2. The monoisotopic (exact) mass is 295 g/mol. The van der Waals surface area contributed by atoms with E-state index in [9.17, 15) is 4.79 Å². The lowest BCUT2D eigenvalue weighted by Crippen LogP contribution is -2.55. The van der Waals surface area contributed by atoms with Gasteiger partial charge in [0.1, 0.15) is 0 Å². The van der Waals surface area contributed by atoms with E-state index in [1.807, 2.05) is 4.90 Å². The molecule has 2 saturated heterocycles. The first-order chi connectivity index (χ1) is 10.2. The van der Waals surface area contributed by atoms with Crippen molar-refractivity contribution in [2.75, 3.05) is 46.4 Å². The van der Waals surface area contributed by atoms with Gasteiger partial charge in [-0.25, -0.2) is 0 Å². The minimum Gasteiger partial charge on any atom is -0.371 e. The highest BCUT2D eigenvalue weighted by Gasteiger charge is 2.40. The summed E-state index contributed by atoms with van der Waals surface area (Å²) in [5, 5.41) is 3.38. The molecule has 0 atom stereocenters. The third-order valence-electron chi connectivity index (χ3n) is 5.43. The summed E-state index contributed by atoms with van der Waals surface area (Å²) < 4.78 is 6.01. The van der Waals surface area contributed by atoms with Gasteiger partial charge in [-0.1, -0.05) is 12.8 Å². The first-order valence-electron chi connectivity index (χ1n) is 8.51. The molecule has 1 aliphatic carbocycles. The topological polar surface area (TPSA) is 44.8 Å². The molecule has 0 unspecified atom stereocenters. The highest BCUT2D eigenvalue weighted by Crippen LogP contribution is 2.35. The first-order valence-corrected chi connectivity index (χ1v) is 8.51. The second-order valence-electron chi connectivity index (χ2n) is 6.95. The summed E-state index contributed by atoms with van der Waals surface area (Å²) in [6.07, 6.45) is 7.05. The molecule has 1 spiro atoms. The summed E-state index contributed by atoms with van der Waals surface area (Å²) in [6, 6.07) is 0.552. The Morgan fingerprint density at radius 2 is 2.05 bits per heavy atom. The molecule has 0 aromatic heterocycles. The first kappa shape index (κ1) is 15.3. The number of nitrogens with one attached hydrogen (secondary N) is 1. The molecule has 120 valence electrons. The lowest BCUT2D eigenvalue weighted by Gasteiger charge is -2.41. The van der Waals surface area contributed by atoms with Gasteiger partial charge >= 0.3 is 0 Å². The van der Waals surface area contributed by atoms with Crippen molar-refractivity contribution in [3.05, 3.63) is 0 Å². The molecule has 0 aromatic carbocycles. The minimum absolute atomic E-state index is 0.0127. The van der Waals surface area contributed by atoms with Crippen LogP contribution in [0.5, 0.6) is 0 Å². The van der Waals surface area contributed by atoms with Crippen molar-refractivity contribution in [3.8, 4) is 0 Å². The van der Waals surface area contributed by atoms with Gasteiger partial charge in [0, 0.05) is 19.1 Å². The van der Waals surface area contributed by atoms with Gasteiger partial charge in [-0.3, -0.25) is 9.69 Å². The van der Waals surface area contributed by atoms with Crippen molar-refractivity contribution in [2.45, 2.75) is 50.2 Å². The summed E-state index contributed by atoms with van der Waals surface area (Å²) in [4.78, 5) is 16.9. The van der Waals surface area contributed by atoms with Crippen LogP contribution in [0.25, 0.3) is 0 Å². The van der Waals surface area contributed by atoms with Crippen LogP contribution in [0.2, 0.25) is 0 Å². The van der Waals surface area contributed by atoms with Gasteiger partial charge < -0.3 is 15.0 Å². The number of carbonyl (C=O) groups excluding carboxylic acids is 1. The number of morpholine rings is 1. The molecule has 5 nitrogen and oxygen atoms in total. The van der Waals surface area contributed by atoms with Crippen molar-refractivity contribution in [3.63, 3.8) is 0 Å². The number of carbonyl (C=O) groups is 1. The standard InChI is InChI=1S/C16H29N3O2/c1-18(14-4-8-17-9-5-14)12-15(20)19-10-11-21-16(13-19)6-2-3-7-16/h14,17H,2-13H2,1H3. The van der Waals surface area contributed by atoms with Gasteiger partial charge in [-0.2, -0.15) is 0 Å². The molecule has 2 heterocycles. The van der Waals surface area contributed by atoms with Crippen molar-refractivity contribution >= 4 is 5.91 Å². The fourth-order valence-corrected chi connectivity index (χ4v) is 4.07. The Balaban J connectivity index is 1.52. The van der Waals surface area contributed by atoms with E-state index in [-0.39, 0.29) is 11.5 Å². The molecule has 2 aliphatic heterocycles. The van der Waals surface area contributed by atoms with E-state index < -0.39 is 0 Å². The van der Waals surface area contributed by atoms with Crippen molar-refractivity contribution in [1.82, 2.24) is 15.1 Å². The lowest BCUT2D eigenvalue weighted by atomic mass is 9.99. The molecule has 0 bridgehead atoms. The van der Waals surface area contributed by atoms with E-state index in [4.69, 9.17) is 4.74 Å². The number of likely N-dealkylation sites (N-methyl/N-ethyl adjacent to an activating group) is 1. The van der Waals surface area contributed by atoms with Gasteiger partial charge in [0.05, 0.1) is 18.8 Å². The van der Waals surface area contributed by atoms with Gasteiger partial charge in [-0.15, -0.1) is 0 Å². The molecule has 3 rings (SSSR count). The van der Waals surface area contributed by atoms with Crippen LogP contribution < -0.4 is 5.32 Å². The zero-order valence-electron chi connectivity index (χ0n) is 13.3. The molecular formula is C16H29N3O2. The van der Waals surface area contributed by atoms with Crippen LogP contribution in [0.3, 0.4) is 0 Å². The fourth-order valence-electron chi connectivity index (χ4n) is 4.07. The second-order valence-corrected chi connectivity index (χ2v) is 6.95. The van der Waals surface area contributed by atoms with Gasteiger partial charge in [0.25, 0.3) is 0 Å². The number of piperidine rings is 1. The maximum absolute atomic E-state index is 12.6. The smallest absolute Gasteiger partial charge is 0.236 e. The maximum atomic E-state index is 12.6. The average Bonchev–Trinajstić information content (AvgIpc) is 2.96. The summed E-state index contributed by atoms with van der Waals surface area (Å²) >= 11 is 0. The van der Waals surface area contributed by atoms with Crippen LogP contribution in [0.15, 0.2) is 0 Å². The summed E-state index contributed by atoms with van der Waals surface area (Å²) in [5.74, 6) is 0.283. The van der Waals surface area contributed by atoms with E-state index in [1.165, 1.54) is 12.8 Å². The average molecular weight is 295 g/mol. The van der Waals surface area contributed by atoms with E-state index in [1.54, 1.807) is 0 Å². The van der Waals surface area contributed by atoms with Crippen LogP contribution in [0.4, 0.5) is 0 Å². The predicted octanol–water partition coefficient (Wildman–Crippen LogP) is 0.842. The second kappa shape index (κ2) is 6.63. The molecule has 1 saturated carbocycles. The zero-order valence-corrected chi connectivity index (χ0v) is 13.3. The van der Waals surface area contributed by atoms with Crippen LogP contribution in [-0.2, 0) is 9.53 Å². The van der Waals surface area contributed by atoms with E-state index in [0.717, 1.165) is 51.9 Å². The summed E-state index contributed by atoms with van der Waals surface area (Å²) in [7, 11) is 2.10. The number of rotatable bonds is 3. The van der Waals surface area contributed by atoms with Crippen LogP contribution in [-0.4, -0.2) is 73.7 Å². The number of ether oxygens (including phenoxy) is 1. The Morgan fingerprint density at radius 3 is 2.76 bits per heavy atom. The number of hydrogen-bond donors (Lipinski definition) is 1. The molecule has 0 aromatic rings. The van der Waals surface area contributed by atoms with Crippen molar-refractivity contribution in [1.29, 1.82) is 0 Å². The molecule has 1 amide bonds. The Bertz CT molecular complexity index is 363. The molecule has 0 radical (unpaired) electrons. The minimum atomic E-state index is -0.0127. The van der Waals surface area contributed by atoms with Crippen LogP contribution in [0.1, 0.15) is 38.5 Å². The highest BCUT2D eigenvalue weighted by molar-refractivity contribution is 5.78. The molecule has 5 heteroatoms.